The molecule has 0 radical (unpaired) electrons. The van der Waals surface area contributed by atoms with Crippen molar-refractivity contribution in [2.45, 2.75) is 0 Å². The van der Waals surface area contributed by atoms with Crippen LogP contribution in [0.25, 0.3) is 21.3 Å². The van der Waals surface area contributed by atoms with Crippen LogP contribution >= 0.6 is 11.3 Å². The van der Waals surface area contributed by atoms with Gasteiger partial charge in [-0.25, -0.2) is 4.98 Å². The molecule has 0 saturated carbocycles. The monoisotopic (exact) mass is 320 g/mol. The molecule has 6 heteroatoms. The van der Waals surface area contributed by atoms with Crippen molar-refractivity contribution in [3.8, 4) is 0 Å². The van der Waals surface area contributed by atoms with Crippen LogP contribution in [-0.2, 0) is 7.05 Å². The first-order valence-electron chi connectivity index (χ1n) is 7.08. The molecule has 112 valence electrons. The summed E-state index contributed by atoms with van der Waals surface area (Å²) >= 11 is 1.48. The minimum atomic E-state index is -0.384. The van der Waals surface area contributed by atoms with Gasteiger partial charge < -0.3 is 4.57 Å². The number of benzene rings is 2. The van der Waals surface area contributed by atoms with E-state index in [0.717, 1.165) is 15.7 Å². The maximum Gasteiger partial charge on any atom is 0.299 e. The van der Waals surface area contributed by atoms with Crippen LogP contribution in [0.5, 0.6) is 0 Å². The highest BCUT2D eigenvalue weighted by Crippen LogP contribution is 2.15. The van der Waals surface area contributed by atoms with E-state index in [0.29, 0.717) is 10.3 Å². The van der Waals surface area contributed by atoms with Gasteiger partial charge in [0.2, 0.25) is 0 Å². The van der Waals surface area contributed by atoms with Gasteiger partial charge >= 0.3 is 0 Å². The Balaban J connectivity index is 1.82. The fraction of sp³-hybridized carbons (Fsp3) is 0.0588. The standard InChI is InChI=1S/C17H12N4OS/c1-21-14-8-4-5-9-15(14)23-17(21)20-16(22)13-10-18-11-6-2-3-7-12(11)19-13/h2-10H,1H3. The Hall–Kier alpha value is -2.86. The van der Waals surface area contributed by atoms with Gasteiger partial charge in [0.1, 0.15) is 5.69 Å². The SMILES string of the molecule is Cn1c(=NC(=O)c2cnc3ccccc3n2)sc2ccccc21. The first-order valence-corrected chi connectivity index (χ1v) is 7.89. The molecule has 1 amide bonds. The van der Waals surface area contributed by atoms with Crippen LogP contribution in [0, 0.1) is 0 Å². The minimum Gasteiger partial charge on any atom is -0.319 e. The molecule has 0 unspecified atom stereocenters. The molecule has 4 rings (SSSR count). The van der Waals surface area contributed by atoms with Gasteiger partial charge in [-0.15, -0.1) is 0 Å². The molecule has 0 aliphatic rings. The van der Waals surface area contributed by atoms with E-state index < -0.39 is 0 Å². The normalized spacial score (nSPS) is 12.1. The number of para-hydroxylation sites is 3. The largest absolute Gasteiger partial charge is 0.319 e. The van der Waals surface area contributed by atoms with Crippen LogP contribution in [0.3, 0.4) is 0 Å². The third-order valence-electron chi connectivity index (χ3n) is 3.58. The summed E-state index contributed by atoms with van der Waals surface area (Å²) in [5, 5.41) is 0. The van der Waals surface area contributed by atoms with E-state index in [1.807, 2.05) is 60.1 Å². The van der Waals surface area contributed by atoms with Gasteiger partial charge in [0.05, 0.1) is 27.4 Å². The number of amides is 1. The van der Waals surface area contributed by atoms with Gasteiger partial charge in [-0.3, -0.25) is 9.78 Å². The molecule has 4 aromatic rings. The second-order valence-electron chi connectivity index (χ2n) is 5.07. The molecular weight excluding hydrogens is 308 g/mol. The maximum absolute atomic E-state index is 12.4. The number of fused-ring (bicyclic) bond motifs is 2. The molecule has 0 aliphatic carbocycles. The van der Waals surface area contributed by atoms with Crippen LogP contribution < -0.4 is 4.80 Å². The number of aryl methyl sites for hydroxylation is 1. The summed E-state index contributed by atoms with van der Waals surface area (Å²) in [6.45, 7) is 0. The highest BCUT2D eigenvalue weighted by Gasteiger charge is 2.09. The predicted octanol–water partition coefficient (Wildman–Crippen LogP) is 2.92. The fourth-order valence-corrected chi connectivity index (χ4v) is 3.41. The Bertz CT molecular complexity index is 1110. The zero-order valence-electron chi connectivity index (χ0n) is 12.3. The number of thiazole rings is 1. The van der Waals surface area contributed by atoms with Crippen molar-refractivity contribution in [1.29, 1.82) is 0 Å². The summed E-state index contributed by atoms with van der Waals surface area (Å²) in [5.74, 6) is -0.384. The Morgan fingerprint density at radius 1 is 1.09 bits per heavy atom. The van der Waals surface area contributed by atoms with E-state index in [-0.39, 0.29) is 11.6 Å². The minimum absolute atomic E-state index is 0.251. The molecule has 2 aromatic heterocycles. The highest BCUT2D eigenvalue weighted by molar-refractivity contribution is 7.16. The molecule has 5 nitrogen and oxygen atoms in total. The van der Waals surface area contributed by atoms with Gasteiger partial charge in [0.15, 0.2) is 4.80 Å². The molecule has 0 fully saturated rings. The van der Waals surface area contributed by atoms with Crippen molar-refractivity contribution in [1.82, 2.24) is 14.5 Å². The zero-order valence-corrected chi connectivity index (χ0v) is 13.1. The molecule has 0 saturated heterocycles. The number of carbonyl (C=O) groups is 1. The number of aromatic nitrogens is 3. The Morgan fingerprint density at radius 3 is 2.65 bits per heavy atom. The van der Waals surface area contributed by atoms with E-state index in [2.05, 4.69) is 15.0 Å². The number of rotatable bonds is 1. The summed E-state index contributed by atoms with van der Waals surface area (Å²) < 4.78 is 3.00. The van der Waals surface area contributed by atoms with E-state index >= 15 is 0 Å². The average molecular weight is 320 g/mol. The van der Waals surface area contributed by atoms with E-state index in [4.69, 9.17) is 0 Å². The summed E-state index contributed by atoms with van der Waals surface area (Å²) in [4.78, 5) is 25.9. The number of hydrogen-bond acceptors (Lipinski definition) is 4. The van der Waals surface area contributed by atoms with Gasteiger partial charge in [-0.1, -0.05) is 35.6 Å². The number of nitrogens with zero attached hydrogens (tertiary/aromatic N) is 4. The molecule has 2 aromatic carbocycles. The molecule has 23 heavy (non-hydrogen) atoms. The molecule has 0 atom stereocenters. The van der Waals surface area contributed by atoms with Crippen LogP contribution in [0.15, 0.2) is 59.7 Å². The Morgan fingerprint density at radius 2 is 1.83 bits per heavy atom. The molecule has 0 aliphatic heterocycles. The van der Waals surface area contributed by atoms with Gasteiger partial charge in [0, 0.05) is 7.05 Å². The summed E-state index contributed by atoms with van der Waals surface area (Å²) in [6, 6.07) is 15.4. The first-order chi connectivity index (χ1) is 11.2. The van der Waals surface area contributed by atoms with Crippen LogP contribution in [0.1, 0.15) is 10.5 Å². The fourth-order valence-electron chi connectivity index (χ4n) is 2.39. The second kappa shape index (κ2) is 5.40. The van der Waals surface area contributed by atoms with Crippen molar-refractivity contribution in [2.75, 3.05) is 0 Å². The third-order valence-corrected chi connectivity index (χ3v) is 4.69. The van der Waals surface area contributed by atoms with Gasteiger partial charge in [0.25, 0.3) is 5.91 Å². The van der Waals surface area contributed by atoms with Crippen molar-refractivity contribution < 1.29 is 4.79 Å². The van der Waals surface area contributed by atoms with E-state index in [9.17, 15) is 4.79 Å². The summed E-state index contributed by atoms with van der Waals surface area (Å²) in [5.41, 5.74) is 2.75. The molecule has 0 N–H and O–H groups in total. The molecule has 0 spiro atoms. The maximum atomic E-state index is 12.4. The van der Waals surface area contributed by atoms with Crippen LogP contribution in [-0.4, -0.2) is 20.4 Å². The number of hydrogen-bond donors (Lipinski definition) is 0. The van der Waals surface area contributed by atoms with Crippen molar-refractivity contribution in [3.63, 3.8) is 0 Å². The lowest BCUT2D eigenvalue weighted by molar-refractivity contribution is 0.0993. The van der Waals surface area contributed by atoms with E-state index in [1.165, 1.54) is 17.5 Å². The lowest BCUT2D eigenvalue weighted by atomic mass is 10.3. The second-order valence-corrected chi connectivity index (χ2v) is 6.08. The Labute approximate surface area is 135 Å². The predicted molar refractivity (Wildman–Crippen MR) is 90.2 cm³/mol. The highest BCUT2D eigenvalue weighted by atomic mass is 32.1. The lowest BCUT2D eigenvalue weighted by Crippen LogP contribution is -2.14. The van der Waals surface area contributed by atoms with Crippen LogP contribution in [0.2, 0.25) is 0 Å². The quantitative estimate of drug-likeness (QED) is 0.542. The molecule has 2 heterocycles. The van der Waals surface area contributed by atoms with Gasteiger partial charge in [-0.05, 0) is 24.3 Å². The average Bonchev–Trinajstić information content (AvgIpc) is 2.91. The molecule has 0 bridgehead atoms. The summed E-state index contributed by atoms with van der Waals surface area (Å²) in [6.07, 6.45) is 1.47. The van der Waals surface area contributed by atoms with Crippen LogP contribution in [0.4, 0.5) is 0 Å². The van der Waals surface area contributed by atoms with Crippen molar-refractivity contribution >= 4 is 38.5 Å². The van der Waals surface area contributed by atoms with E-state index in [1.54, 1.807) is 0 Å². The Kier molecular flexibility index (Phi) is 3.24. The van der Waals surface area contributed by atoms with Crippen molar-refractivity contribution in [3.05, 3.63) is 65.2 Å². The third kappa shape index (κ3) is 2.43. The van der Waals surface area contributed by atoms with Crippen molar-refractivity contribution in [2.24, 2.45) is 12.0 Å². The smallest absolute Gasteiger partial charge is 0.299 e. The first kappa shape index (κ1) is 13.8. The van der Waals surface area contributed by atoms with Gasteiger partial charge in [-0.2, -0.15) is 4.99 Å². The summed E-state index contributed by atoms with van der Waals surface area (Å²) in [7, 11) is 1.90. The lowest BCUT2D eigenvalue weighted by Gasteiger charge is -1.98. The number of carbonyl (C=O) groups excluding carboxylic acids is 1. The topological polar surface area (TPSA) is 60.1 Å². The zero-order chi connectivity index (χ0) is 15.8. The molecular formula is C17H12N4OS.